The highest BCUT2D eigenvalue weighted by Gasteiger charge is 2.13. The number of anilines is 1. The third-order valence-corrected chi connectivity index (χ3v) is 5.12. The number of aromatic amines is 1. The zero-order valence-electron chi connectivity index (χ0n) is 14.7. The Balaban J connectivity index is 1.57. The molecule has 0 aliphatic heterocycles. The molecule has 0 radical (unpaired) electrons. The second kappa shape index (κ2) is 8.06. The molecule has 0 saturated carbocycles. The number of aromatic nitrogens is 4. The van der Waals surface area contributed by atoms with Crippen LogP contribution in [0.25, 0.3) is 17.0 Å². The van der Waals surface area contributed by atoms with Crippen molar-refractivity contribution in [1.29, 1.82) is 0 Å². The van der Waals surface area contributed by atoms with E-state index in [4.69, 9.17) is 11.6 Å². The van der Waals surface area contributed by atoms with Crippen LogP contribution in [0.5, 0.6) is 0 Å². The van der Waals surface area contributed by atoms with Crippen molar-refractivity contribution in [2.45, 2.75) is 5.16 Å². The molecule has 0 aliphatic rings. The van der Waals surface area contributed by atoms with Gasteiger partial charge in [-0.05, 0) is 18.2 Å². The van der Waals surface area contributed by atoms with Crippen molar-refractivity contribution in [2.24, 2.45) is 0 Å². The van der Waals surface area contributed by atoms with Crippen molar-refractivity contribution in [1.82, 2.24) is 19.6 Å². The minimum Gasteiger partial charge on any atom is -0.325 e. The van der Waals surface area contributed by atoms with Gasteiger partial charge in [0.15, 0.2) is 16.6 Å². The zero-order valence-corrected chi connectivity index (χ0v) is 16.3. The van der Waals surface area contributed by atoms with E-state index in [0.29, 0.717) is 22.3 Å². The van der Waals surface area contributed by atoms with Crippen molar-refractivity contribution in [2.75, 3.05) is 11.1 Å². The summed E-state index contributed by atoms with van der Waals surface area (Å²) >= 11 is 6.86. The predicted molar refractivity (Wildman–Crippen MR) is 110 cm³/mol. The summed E-state index contributed by atoms with van der Waals surface area (Å²) in [5.41, 5.74) is 1.25. The lowest BCUT2D eigenvalue weighted by Gasteiger charge is -2.08. The fourth-order valence-corrected chi connectivity index (χ4v) is 3.53. The van der Waals surface area contributed by atoms with Crippen molar-refractivity contribution >= 4 is 40.6 Å². The lowest BCUT2D eigenvalue weighted by molar-refractivity contribution is -0.113. The van der Waals surface area contributed by atoms with Gasteiger partial charge in [0.1, 0.15) is 5.82 Å². The van der Waals surface area contributed by atoms with Gasteiger partial charge in [0, 0.05) is 17.3 Å². The molecule has 0 atom stereocenters. The Morgan fingerprint density at radius 2 is 1.97 bits per heavy atom. The van der Waals surface area contributed by atoms with Crippen LogP contribution < -0.4 is 10.9 Å². The third kappa shape index (κ3) is 4.30. The number of carbonyl (C=O) groups excluding carboxylic acids is 1. The summed E-state index contributed by atoms with van der Waals surface area (Å²) in [6.07, 6.45) is 0. The second-order valence-electron chi connectivity index (χ2n) is 5.98. The number of hydrogen-bond donors (Lipinski definition) is 2. The summed E-state index contributed by atoms with van der Waals surface area (Å²) in [6.45, 7) is 0. The molecule has 2 N–H and O–H groups in total. The number of H-pyrrole nitrogens is 1. The minimum atomic E-state index is -0.563. The third-order valence-electron chi connectivity index (χ3n) is 3.89. The second-order valence-corrected chi connectivity index (χ2v) is 7.33. The van der Waals surface area contributed by atoms with E-state index in [1.54, 1.807) is 0 Å². The molecule has 2 aromatic heterocycles. The number of carbonyl (C=O) groups is 1. The van der Waals surface area contributed by atoms with Crippen molar-refractivity contribution in [3.63, 3.8) is 0 Å². The van der Waals surface area contributed by atoms with E-state index >= 15 is 0 Å². The maximum absolute atomic E-state index is 13.2. The predicted octanol–water partition coefficient (Wildman–Crippen LogP) is 3.61. The number of amides is 1. The first-order chi connectivity index (χ1) is 14.0. The van der Waals surface area contributed by atoms with Gasteiger partial charge >= 0.3 is 0 Å². The Morgan fingerprint density at radius 3 is 2.72 bits per heavy atom. The van der Waals surface area contributed by atoms with Crippen molar-refractivity contribution < 1.29 is 9.18 Å². The summed E-state index contributed by atoms with van der Waals surface area (Å²) < 4.78 is 14.7. The van der Waals surface area contributed by atoms with Crippen LogP contribution in [0.3, 0.4) is 0 Å². The molecule has 0 aliphatic carbocycles. The molecular weight excluding hydrogens is 417 g/mol. The molecule has 0 bridgehead atoms. The highest BCUT2D eigenvalue weighted by molar-refractivity contribution is 7.99. The van der Waals surface area contributed by atoms with Gasteiger partial charge in [-0.1, -0.05) is 53.7 Å². The molecule has 0 unspecified atom stereocenters. The Labute approximate surface area is 172 Å². The molecule has 0 saturated heterocycles. The number of hydrogen-bond acceptors (Lipinski definition) is 5. The lowest BCUT2D eigenvalue weighted by atomic mass is 10.2. The maximum atomic E-state index is 13.2. The highest BCUT2D eigenvalue weighted by Crippen LogP contribution is 2.22. The average molecular weight is 430 g/mol. The molecule has 7 nitrogen and oxygen atoms in total. The van der Waals surface area contributed by atoms with E-state index < -0.39 is 5.82 Å². The number of fused-ring (bicyclic) bond motifs is 1. The SMILES string of the molecule is O=C(CSc1nc(-c2ccccc2)nc2cc(=O)[nH]n12)Nc1ccc(F)c(Cl)c1. The number of thioether (sulfide) groups is 1. The first-order valence-corrected chi connectivity index (χ1v) is 9.79. The molecule has 29 heavy (non-hydrogen) atoms. The molecule has 4 rings (SSSR count). The van der Waals surface area contributed by atoms with Crippen molar-refractivity contribution in [3.05, 3.63) is 75.8 Å². The van der Waals surface area contributed by atoms with Crippen LogP contribution in [-0.4, -0.2) is 31.2 Å². The largest absolute Gasteiger partial charge is 0.325 e. The van der Waals surface area contributed by atoms with E-state index in [1.165, 1.54) is 28.8 Å². The Morgan fingerprint density at radius 1 is 1.17 bits per heavy atom. The molecular formula is C19H13ClFN5O2S. The summed E-state index contributed by atoms with van der Waals surface area (Å²) in [6, 6.07) is 14.6. The summed E-state index contributed by atoms with van der Waals surface area (Å²) in [5.74, 6) is -0.444. The molecule has 146 valence electrons. The highest BCUT2D eigenvalue weighted by atomic mass is 35.5. The van der Waals surface area contributed by atoms with Crippen LogP contribution in [-0.2, 0) is 4.79 Å². The normalized spacial score (nSPS) is 11.0. The first kappa shape index (κ1) is 19.2. The quantitative estimate of drug-likeness (QED) is 0.473. The summed E-state index contributed by atoms with van der Waals surface area (Å²) in [7, 11) is 0. The number of nitrogens with zero attached hydrogens (tertiary/aromatic N) is 3. The van der Waals surface area contributed by atoms with Crippen LogP contribution in [0.15, 0.2) is 64.5 Å². The van der Waals surface area contributed by atoms with Crippen LogP contribution in [0.2, 0.25) is 5.02 Å². The molecule has 10 heteroatoms. The number of halogens is 2. The van der Waals surface area contributed by atoms with Gasteiger partial charge in [0.05, 0.1) is 10.8 Å². The average Bonchev–Trinajstić information content (AvgIpc) is 3.10. The van der Waals surface area contributed by atoms with Gasteiger partial charge in [-0.15, -0.1) is 0 Å². The lowest BCUT2D eigenvalue weighted by Crippen LogP contribution is -2.15. The number of benzene rings is 2. The molecule has 2 aromatic carbocycles. The topological polar surface area (TPSA) is 92.2 Å². The molecule has 2 heterocycles. The van der Waals surface area contributed by atoms with E-state index in [0.717, 1.165) is 17.3 Å². The molecule has 0 spiro atoms. The summed E-state index contributed by atoms with van der Waals surface area (Å²) in [5, 5.41) is 5.59. The van der Waals surface area contributed by atoms with E-state index in [1.807, 2.05) is 30.3 Å². The van der Waals surface area contributed by atoms with Crippen LogP contribution in [0, 0.1) is 5.82 Å². The number of rotatable bonds is 5. The molecule has 0 fully saturated rings. The minimum absolute atomic E-state index is 0.00947. The van der Waals surface area contributed by atoms with Gasteiger partial charge in [-0.2, -0.15) is 0 Å². The van der Waals surface area contributed by atoms with Gasteiger partial charge in [-0.25, -0.2) is 18.9 Å². The van der Waals surface area contributed by atoms with Gasteiger partial charge < -0.3 is 5.32 Å². The Kier molecular flexibility index (Phi) is 5.32. The van der Waals surface area contributed by atoms with Crippen molar-refractivity contribution in [3.8, 4) is 11.4 Å². The van der Waals surface area contributed by atoms with Crippen LogP contribution in [0.4, 0.5) is 10.1 Å². The zero-order chi connectivity index (χ0) is 20.4. The monoisotopic (exact) mass is 429 g/mol. The maximum Gasteiger partial charge on any atom is 0.266 e. The molecule has 1 amide bonds. The van der Waals surface area contributed by atoms with Gasteiger partial charge in [0.2, 0.25) is 5.91 Å². The van der Waals surface area contributed by atoms with E-state index in [2.05, 4.69) is 20.4 Å². The first-order valence-electron chi connectivity index (χ1n) is 8.42. The van der Waals surface area contributed by atoms with E-state index in [9.17, 15) is 14.0 Å². The Hall–Kier alpha value is -3.17. The van der Waals surface area contributed by atoms with Crippen LogP contribution in [0.1, 0.15) is 0 Å². The van der Waals surface area contributed by atoms with Gasteiger partial charge in [-0.3, -0.25) is 14.7 Å². The van der Waals surface area contributed by atoms with Gasteiger partial charge in [0.25, 0.3) is 5.56 Å². The Bertz CT molecular complexity index is 1260. The fraction of sp³-hybridized carbons (Fsp3) is 0.0526. The smallest absolute Gasteiger partial charge is 0.266 e. The summed E-state index contributed by atoms with van der Waals surface area (Å²) in [4.78, 5) is 32.9. The fourth-order valence-electron chi connectivity index (χ4n) is 2.60. The molecule has 4 aromatic rings. The standard InChI is InChI=1S/C19H13ClFN5O2S/c20-13-8-12(6-7-14(13)21)22-17(28)10-29-19-24-18(11-4-2-1-3-5-11)23-15-9-16(27)25-26(15)19/h1-9H,10H2,(H,22,28)(H,25,27). The van der Waals surface area contributed by atoms with E-state index in [-0.39, 0.29) is 22.2 Å². The number of nitrogens with one attached hydrogen (secondary N) is 2. The van der Waals surface area contributed by atoms with Crippen LogP contribution >= 0.6 is 23.4 Å².